The molecule has 0 aliphatic rings. The molecule has 0 radical (unpaired) electrons. The number of para-hydroxylation sites is 1. The maximum Gasteiger partial charge on any atom is 0.0877 e. The van der Waals surface area contributed by atoms with Crippen LogP contribution in [0.4, 0.5) is 0 Å². The molecule has 0 aliphatic carbocycles. The van der Waals surface area contributed by atoms with E-state index in [9.17, 15) is 0 Å². The molecule has 2 aromatic rings. The quantitative estimate of drug-likeness (QED) is 0.899. The minimum Gasteiger partial charge on any atom is -0.308 e. The molecule has 1 aromatic carbocycles. The summed E-state index contributed by atoms with van der Waals surface area (Å²) in [5, 5.41) is 9.55. The molecular formula is C15H23N3. The lowest BCUT2D eigenvalue weighted by Gasteiger charge is -2.30. The van der Waals surface area contributed by atoms with Gasteiger partial charge in [0, 0.05) is 12.4 Å². The van der Waals surface area contributed by atoms with Gasteiger partial charge in [-0.15, -0.1) is 0 Å². The largest absolute Gasteiger partial charge is 0.308 e. The van der Waals surface area contributed by atoms with Crippen molar-refractivity contribution in [3.05, 3.63) is 30.0 Å². The van der Waals surface area contributed by atoms with Crippen molar-refractivity contribution < 1.29 is 0 Å². The second-order valence-electron chi connectivity index (χ2n) is 5.88. The van der Waals surface area contributed by atoms with Gasteiger partial charge in [-0.2, -0.15) is 5.10 Å². The van der Waals surface area contributed by atoms with Gasteiger partial charge in [0.2, 0.25) is 0 Å². The van der Waals surface area contributed by atoms with E-state index < -0.39 is 0 Å². The van der Waals surface area contributed by atoms with E-state index in [0.717, 1.165) is 12.2 Å². The number of hydrogen-bond donors (Lipinski definition) is 1. The van der Waals surface area contributed by atoms with E-state index in [0.29, 0.717) is 0 Å². The Bertz CT molecular complexity index is 534. The van der Waals surface area contributed by atoms with Gasteiger partial charge in [0.1, 0.15) is 0 Å². The SMILES string of the molecule is CCNC(c1nn(C)c2ccccc12)C(C)(C)C. The van der Waals surface area contributed by atoms with E-state index in [4.69, 9.17) is 5.10 Å². The molecule has 18 heavy (non-hydrogen) atoms. The molecule has 0 aliphatic heterocycles. The Balaban J connectivity index is 2.58. The van der Waals surface area contributed by atoms with Crippen molar-refractivity contribution in [3.8, 4) is 0 Å². The van der Waals surface area contributed by atoms with Crippen LogP contribution in [0.2, 0.25) is 0 Å². The average molecular weight is 245 g/mol. The molecule has 3 heteroatoms. The zero-order valence-electron chi connectivity index (χ0n) is 12.0. The highest BCUT2D eigenvalue weighted by atomic mass is 15.3. The maximum atomic E-state index is 4.73. The van der Waals surface area contributed by atoms with Gasteiger partial charge in [0.25, 0.3) is 0 Å². The first-order chi connectivity index (χ1) is 8.45. The fraction of sp³-hybridized carbons (Fsp3) is 0.533. The van der Waals surface area contributed by atoms with Gasteiger partial charge in [-0.1, -0.05) is 45.9 Å². The predicted octanol–water partition coefficient (Wildman–Crippen LogP) is 3.27. The summed E-state index contributed by atoms with van der Waals surface area (Å²) in [5.41, 5.74) is 2.50. The highest BCUT2D eigenvalue weighted by Crippen LogP contribution is 2.35. The summed E-state index contributed by atoms with van der Waals surface area (Å²) in [6.07, 6.45) is 0. The average Bonchev–Trinajstić information content (AvgIpc) is 2.63. The lowest BCUT2D eigenvalue weighted by Crippen LogP contribution is -2.32. The minimum atomic E-state index is 0.146. The van der Waals surface area contributed by atoms with E-state index in [-0.39, 0.29) is 11.5 Å². The third-order valence-corrected chi connectivity index (χ3v) is 3.33. The standard InChI is InChI=1S/C15H23N3/c1-6-16-14(15(2,3)4)13-11-9-7-8-10-12(11)18(5)17-13/h7-10,14,16H,6H2,1-5H3. The summed E-state index contributed by atoms with van der Waals surface area (Å²) in [6.45, 7) is 9.86. The number of nitrogens with one attached hydrogen (secondary N) is 1. The second kappa shape index (κ2) is 4.73. The Morgan fingerprint density at radius 3 is 2.56 bits per heavy atom. The van der Waals surface area contributed by atoms with Crippen molar-refractivity contribution in [2.24, 2.45) is 12.5 Å². The van der Waals surface area contributed by atoms with Crippen LogP contribution in [0.1, 0.15) is 39.4 Å². The van der Waals surface area contributed by atoms with Crippen molar-refractivity contribution in [3.63, 3.8) is 0 Å². The Hall–Kier alpha value is -1.35. The van der Waals surface area contributed by atoms with Crippen LogP contribution in [0.25, 0.3) is 10.9 Å². The Kier molecular flexibility index (Phi) is 3.44. The second-order valence-corrected chi connectivity index (χ2v) is 5.88. The highest BCUT2D eigenvalue weighted by Gasteiger charge is 2.29. The number of fused-ring (bicyclic) bond motifs is 1. The van der Waals surface area contributed by atoms with Crippen molar-refractivity contribution in [2.75, 3.05) is 6.54 Å². The van der Waals surface area contributed by atoms with Crippen LogP contribution >= 0.6 is 0 Å². The summed E-state index contributed by atoms with van der Waals surface area (Å²) < 4.78 is 1.97. The van der Waals surface area contributed by atoms with E-state index in [1.807, 2.05) is 11.7 Å². The van der Waals surface area contributed by atoms with E-state index in [1.165, 1.54) is 10.9 Å². The zero-order valence-corrected chi connectivity index (χ0v) is 12.0. The number of hydrogen-bond acceptors (Lipinski definition) is 2. The maximum absolute atomic E-state index is 4.73. The third-order valence-electron chi connectivity index (χ3n) is 3.33. The highest BCUT2D eigenvalue weighted by molar-refractivity contribution is 5.82. The van der Waals surface area contributed by atoms with Crippen LogP contribution in [0, 0.1) is 5.41 Å². The summed E-state index contributed by atoms with van der Waals surface area (Å²) in [7, 11) is 2.01. The first-order valence-corrected chi connectivity index (χ1v) is 6.60. The molecule has 1 atom stereocenters. The van der Waals surface area contributed by atoms with Gasteiger partial charge < -0.3 is 5.32 Å². The molecule has 3 nitrogen and oxygen atoms in total. The van der Waals surface area contributed by atoms with Gasteiger partial charge in [-0.05, 0) is 18.0 Å². The van der Waals surface area contributed by atoms with Crippen molar-refractivity contribution >= 4 is 10.9 Å². The van der Waals surface area contributed by atoms with Crippen molar-refractivity contribution in [1.29, 1.82) is 0 Å². The van der Waals surface area contributed by atoms with Gasteiger partial charge in [0.05, 0.1) is 17.3 Å². The topological polar surface area (TPSA) is 29.9 Å². The summed E-state index contributed by atoms with van der Waals surface area (Å²) >= 11 is 0. The van der Waals surface area contributed by atoms with Crippen LogP contribution in [0.5, 0.6) is 0 Å². The Labute approximate surface area is 109 Å². The molecule has 0 bridgehead atoms. The normalized spacial score (nSPS) is 14.1. The fourth-order valence-corrected chi connectivity index (χ4v) is 2.47. The molecule has 2 rings (SSSR count). The smallest absolute Gasteiger partial charge is 0.0877 e. The number of benzene rings is 1. The molecule has 1 aromatic heterocycles. The lowest BCUT2D eigenvalue weighted by molar-refractivity contribution is 0.271. The predicted molar refractivity (Wildman–Crippen MR) is 76.6 cm³/mol. The molecule has 0 fully saturated rings. The molecule has 0 spiro atoms. The summed E-state index contributed by atoms with van der Waals surface area (Å²) in [4.78, 5) is 0. The Morgan fingerprint density at radius 2 is 1.94 bits per heavy atom. The first-order valence-electron chi connectivity index (χ1n) is 6.60. The number of aryl methyl sites for hydroxylation is 1. The van der Waals surface area contributed by atoms with Gasteiger partial charge in [-0.3, -0.25) is 4.68 Å². The third kappa shape index (κ3) is 2.27. The number of nitrogens with zero attached hydrogens (tertiary/aromatic N) is 2. The number of aromatic nitrogens is 2. The van der Waals surface area contributed by atoms with Gasteiger partial charge in [-0.25, -0.2) is 0 Å². The van der Waals surface area contributed by atoms with Gasteiger partial charge in [0.15, 0.2) is 0 Å². The number of rotatable bonds is 3. The van der Waals surface area contributed by atoms with Crippen LogP contribution < -0.4 is 5.32 Å². The molecule has 0 saturated carbocycles. The summed E-state index contributed by atoms with van der Waals surface area (Å²) in [6, 6.07) is 8.70. The first kappa shape index (κ1) is 13.1. The molecule has 1 unspecified atom stereocenters. The van der Waals surface area contributed by atoms with E-state index in [2.05, 4.69) is 57.3 Å². The Morgan fingerprint density at radius 1 is 1.28 bits per heavy atom. The van der Waals surface area contributed by atoms with Gasteiger partial charge >= 0.3 is 0 Å². The fourth-order valence-electron chi connectivity index (χ4n) is 2.47. The zero-order chi connectivity index (χ0) is 13.3. The van der Waals surface area contributed by atoms with E-state index in [1.54, 1.807) is 0 Å². The summed E-state index contributed by atoms with van der Waals surface area (Å²) in [5.74, 6) is 0. The lowest BCUT2D eigenvalue weighted by atomic mass is 9.84. The molecular weight excluding hydrogens is 222 g/mol. The van der Waals surface area contributed by atoms with Crippen LogP contribution in [-0.2, 0) is 7.05 Å². The molecule has 98 valence electrons. The van der Waals surface area contributed by atoms with Crippen LogP contribution in [-0.4, -0.2) is 16.3 Å². The monoisotopic (exact) mass is 245 g/mol. The van der Waals surface area contributed by atoms with E-state index >= 15 is 0 Å². The van der Waals surface area contributed by atoms with Crippen LogP contribution in [0.15, 0.2) is 24.3 Å². The molecule has 1 N–H and O–H groups in total. The van der Waals surface area contributed by atoms with Crippen LogP contribution in [0.3, 0.4) is 0 Å². The molecule has 0 amide bonds. The van der Waals surface area contributed by atoms with Crippen molar-refractivity contribution in [2.45, 2.75) is 33.7 Å². The molecule has 1 heterocycles. The van der Waals surface area contributed by atoms with Crippen molar-refractivity contribution in [1.82, 2.24) is 15.1 Å². The minimum absolute atomic E-state index is 0.146. The molecule has 0 saturated heterocycles.